The van der Waals surface area contributed by atoms with E-state index in [1.165, 1.54) is 6.92 Å². The summed E-state index contributed by atoms with van der Waals surface area (Å²) in [5.41, 5.74) is 1.58. The molecule has 0 saturated carbocycles. The van der Waals surface area contributed by atoms with Gasteiger partial charge in [0.25, 0.3) is 0 Å². The normalized spacial score (nSPS) is 14.8. The van der Waals surface area contributed by atoms with E-state index in [1.807, 2.05) is 12.1 Å². The molecule has 2 N–H and O–H groups in total. The summed E-state index contributed by atoms with van der Waals surface area (Å²) in [4.78, 5) is 24.6. The van der Waals surface area contributed by atoms with Crippen LogP contribution in [0.4, 0.5) is 16.2 Å². The van der Waals surface area contributed by atoms with Crippen molar-refractivity contribution in [3.8, 4) is 0 Å². The third-order valence-corrected chi connectivity index (χ3v) is 2.98. The number of Topliss-reactive ketones (excluding diaryl/α,β-unsaturated/α-hetero) is 1. The zero-order valence-electron chi connectivity index (χ0n) is 11.5. The molecule has 0 aromatic heterocycles. The number of nitrogens with zero attached hydrogens (tertiary/aromatic N) is 1. The van der Waals surface area contributed by atoms with Crippen molar-refractivity contribution < 1.29 is 14.3 Å². The Kier molecular flexibility index (Phi) is 4.95. The standard InChI is InChI=1S/C14H19N3O3/c1-11(18)10-15-12-2-4-13(5-3-12)16-14(19)17-6-8-20-9-7-17/h2-5,15H,6-10H2,1H3,(H,16,19). The number of nitrogens with one attached hydrogen (secondary N) is 2. The average molecular weight is 277 g/mol. The Labute approximate surface area is 118 Å². The van der Waals surface area contributed by atoms with Crippen LogP contribution in [0, 0.1) is 0 Å². The number of hydrogen-bond donors (Lipinski definition) is 2. The van der Waals surface area contributed by atoms with Crippen molar-refractivity contribution in [3.05, 3.63) is 24.3 Å². The zero-order valence-corrected chi connectivity index (χ0v) is 11.5. The fourth-order valence-corrected chi connectivity index (χ4v) is 1.87. The summed E-state index contributed by atoms with van der Waals surface area (Å²) in [5, 5.41) is 5.84. The summed E-state index contributed by atoms with van der Waals surface area (Å²) in [6, 6.07) is 7.16. The number of ether oxygens (including phenoxy) is 1. The Balaban J connectivity index is 1.86. The van der Waals surface area contributed by atoms with Crippen LogP contribution in [0.1, 0.15) is 6.92 Å². The number of anilines is 2. The predicted octanol–water partition coefficient (Wildman–Crippen LogP) is 1.55. The molecule has 2 amide bonds. The summed E-state index contributed by atoms with van der Waals surface area (Å²) in [5.74, 6) is 0.0784. The molecule has 6 heteroatoms. The molecule has 108 valence electrons. The van der Waals surface area contributed by atoms with Gasteiger partial charge in [-0.3, -0.25) is 4.79 Å². The van der Waals surface area contributed by atoms with Crippen LogP contribution in [0.3, 0.4) is 0 Å². The molecule has 0 radical (unpaired) electrons. The molecule has 6 nitrogen and oxygen atoms in total. The Morgan fingerprint density at radius 2 is 1.75 bits per heavy atom. The van der Waals surface area contributed by atoms with Crippen LogP contribution >= 0.6 is 0 Å². The average Bonchev–Trinajstić information content (AvgIpc) is 2.47. The lowest BCUT2D eigenvalue weighted by molar-refractivity contribution is -0.115. The van der Waals surface area contributed by atoms with Crippen LogP contribution in [-0.4, -0.2) is 49.6 Å². The minimum Gasteiger partial charge on any atom is -0.378 e. The van der Waals surface area contributed by atoms with Crippen LogP contribution < -0.4 is 10.6 Å². The van der Waals surface area contributed by atoms with Crippen molar-refractivity contribution in [3.63, 3.8) is 0 Å². The molecule has 1 saturated heterocycles. The molecule has 2 rings (SSSR count). The van der Waals surface area contributed by atoms with Crippen LogP contribution in [0.2, 0.25) is 0 Å². The topological polar surface area (TPSA) is 70.7 Å². The lowest BCUT2D eigenvalue weighted by Crippen LogP contribution is -2.43. The molecule has 0 unspecified atom stereocenters. The van der Waals surface area contributed by atoms with Crippen molar-refractivity contribution in [2.24, 2.45) is 0 Å². The van der Waals surface area contributed by atoms with Crippen molar-refractivity contribution >= 4 is 23.2 Å². The largest absolute Gasteiger partial charge is 0.378 e. The van der Waals surface area contributed by atoms with Gasteiger partial charge in [0.05, 0.1) is 19.8 Å². The van der Waals surface area contributed by atoms with Crippen LogP contribution in [0.15, 0.2) is 24.3 Å². The highest BCUT2D eigenvalue weighted by molar-refractivity contribution is 5.89. The molecule has 1 heterocycles. The number of hydrogen-bond acceptors (Lipinski definition) is 4. The van der Waals surface area contributed by atoms with Gasteiger partial charge in [0.15, 0.2) is 0 Å². The molecule has 1 fully saturated rings. The highest BCUT2D eigenvalue weighted by atomic mass is 16.5. The molecule has 1 aromatic carbocycles. The lowest BCUT2D eigenvalue weighted by atomic mass is 10.2. The molecule has 0 bridgehead atoms. The van der Waals surface area contributed by atoms with E-state index in [-0.39, 0.29) is 11.8 Å². The van der Waals surface area contributed by atoms with Gasteiger partial charge in [-0.1, -0.05) is 0 Å². The smallest absolute Gasteiger partial charge is 0.321 e. The van der Waals surface area contributed by atoms with E-state index in [2.05, 4.69) is 10.6 Å². The fraction of sp³-hybridized carbons (Fsp3) is 0.429. The third-order valence-electron chi connectivity index (χ3n) is 2.98. The molecular formula is C14H19N3O3. The van der Waals surface area contributed by atoms with Gasteiger partial charge >= 0.3 is 6.03 Å². The van der Waals surface area contributed by atoms with E-state index in [4.69, 9.17) is 4.74 Å². The van der Waals surface area contributed by atoms with Crippen LogP contribution in [0.25, 0.3) is 0 Å². The van der Waals surface area contributed by atoms with Gasteiger partial charge in [-0.15, -0.1) is 0 Å². The number of carbonyl (C=O) groups excluding carboxylic acids is 2. The van der Waals surface area contributed by atoms with Gasteiger partial charge < -0.3 is 20.3 Å². The number of rotatable bonds is 4. The maximum absolute atomic E-state index is 12.0. The molecule has 0 atom stereocenters. The van der Waals surface area contributed by atoms with Gasteiger partial charge in [0.2, 0.25) is 0 Å². The molecule has 1 aliphatic rings. The first-order chi connectivity index (χ1) is 9.65. The second-order valence-corrected chi connectivity index (χ2v) is 4.66. The Morgan fingerprint density at radius 3 is 2.35 bits per heavy atom. The SMILES string of the molecule is CC(=O)CNc1ccc(NC(=O)N2CCOCC2)cc1. The van der Waals surface area contributed by atoms with Gasteiger partial charge in [-0.2, -0.15) is 0 Å². The highest BCUT2D eigenvalue weighted by Gasteiger charge is 2.16. The monoisotopic (exact) mass is 277 g/mol. The van der Waals surface area contributed by atoms with E-state index in [0.717, 1.165) is 11.4 Å². The minimum absolute atomic E-state index is 0.0784. The first-order valence-electron chi connectivity index (χ1n) is 6.62. The quantitative estimate of drug-likeness (QED) is 0.876. The summed E-state index contributed by atoms with van der Waals surface area (Å²) >= 11 is 0. The van der Waals surface area contributed by atoms with Crippen molar-refractivity contribution in [1.82, 2.24) is 4.90 Å². The van der Waals surface area contributed by atoms with Gasteiger partial charge in [-0.25, -0.2) is 4.79 Å². The number of morpholine rings is 1. The Morgan fingerprint density at radius 1 is 1.15 bits per heavy atom. The number of amides is 2. The third kappa shape index (κ3) is 4.24. The summed E-state index contributed by atoms with van der Waals surface area (Å²) in [7, 11) is 0. The fourth-order valence-electron chi connectivity index (χ4n) is 1.87. The Hall–Kier alpha value is -2.08. The summed E-state index contributed by atoms with van der Waals surface area (Å²) in [6.45, 7) is 4.24. The molecule has 20 heavy (non-hydrogen) atoms. The lowest BCUT2D eigenvalue weighted by Gasteiger charge is -2.26. The Bertz CT molecular complexity index is 467. The van der Waals surface area contributed by atoms with Crippen molar-refractivity contribution in [1.29, 1.82) is 0 Å². The van der Waals surface area contributed by atoms with Crippen molar-refractivity contribution in [2.45, 2.75) is 6.92 Å². The number of carbonyl (C=O) groups is 2. The maximum atomic E-state index is 12.0. The molecule has 0 spiro atoms. The van der Waals surface area contributed by atoms with Gasteiger partial charge in [0, 0.05) is 24.5 Å². The molecule has 1 aliphatic heterocycles. The van der Waals surface area contributed by atoms with Gasteiger partial charge in [-0.05, 0) is 31.2 Å². The molecular weight excluding hydrogens is 258 g/mol. The number of urea groups is 1. The van der Waals surface area contributed by atoms with E-state index >= 15 is 0 Å². The molecule has 0 aliphatic carbocycles. The van der Waals surface area contributed by atoms with Crippen molar-refractivity contribution in [2.75, 3.05) is 43.5 Å². The minimum atomic E-state index is -0.113. The summed E-state index contributed by atoms with van der Waals surface area (Å²) in [6.07, 6.45) is 0. The molecule has 1 aromatic rings. The second kappa shape index (κ2) is 6.91. The maximum Gasteiger partial charge on any atom is 0.321 e. The van der Waals surface area contributed by atoms with Gasteiger partial charge in [0.1, 0.15) is 5.78 Å². The highest BCUT2D eigenvalue weighted by Crippen LogP contribution is 2.14. The van der Waals surface area contributed by atoms with E-state index in [9.17, 15) is 9.59 Å². The van der Waals surface area contributed by atoms with Crippen LogP contribution in [0.5, 0.6) is 0 Å². The van der Waals surface area contributed by atoms with Crippen LogP contribution in [-0.2, 0) is 9.53 Å². The first-order valence-corrected chi connectivity index (χ1v) is 6.62. The number of ketones is 1. The first kappa shape index (κ1) is 14.3. The second-order valence-electron chi connectivity index (χ2n) is 4.66. The summed E-state index contributed by atoms with van der Waals surface area (Å²) < 4.78 is 5.20. The number of benzene rings is 1. The van der Waals surface area contributed by atoms with E-state index < -0.39 is 0 Å². The predicted molar refractivity (Wildman–Crippen MR) is 77.0 cm³/mol. The van der Waals surface area contributed by atoms with E-state index in [0.29, 0.717) is 32.8 Å². The zero-order chi connectivity index (χ0) is 14.4. The van der Waals surface area contributed by atoms with E-state index in [1.54, 1.807) is 17.0 Å².